The molecule has 0 radical (unpaired) electrons. The number of rotatable bonds is 3. The molecule has 0 aliphatic rings. The second-order valence-corrected chi connectivity index (χ2v) is 4.28. The average Bonchev–Trinajstić information content (AvgIpc) is 2.09. The molecular formula is C9H7Cl3F2O. The Morgan fingerprint density at radius 3 is 2.13 bits per heavy atom. The van der Waals surface area contributed by atoms with E-state index < -0.39 is 17.9 Å². The molecule has 6 heteroatoms. The lowest BCUT2D eigenvalue weighted by atomic mass is 10.1. The molecule has 1 aromatic rings. The van der Waals surface area contributed by atoms with Gasteiger partial charge in [0.15, 0.2) is 0 Å². The first-order chi connectivity index (χ1) is 6.82. The van der Waals surface area contributed by atoms with E-state index in [0.717, 1.165) is 0 Å². The van der Waals surface area contributed by atoms with Crippen molar-refractivity contribution in [2.45, 2.75) is 17.9 Å². The third kappa shape index (κ3) is 3.45. The van der Waals surface area contributed by atoms with Crippen LogP contribution in [0.15, 0.2) is 18.2 Å². The summed E-state index contributed by atoms with van der Waals surface area (Å²) < 4.78 is 25.0. The summed E-state index contributed by atoms with van der Waals surface area (Å²) >= 11 is 16.1. The van der Waals surface area contributed by atoms with Crippen molar-refractivity contribution in [2.24, 2.45) is 0 Å². The molecule has 0 saturated carbocycles. The van der Waals surface area contributed by atoms with E-state index in [1.807, 2.05) is 0 Å². The number of aliphatic hydroxyl groups is 1. The molecule has 1 atom stereocenters. The molecule has 1 unspecified atom stereocenters. The minimum Gasteiger partial charge on any atom is -0.385 e. The van der Waals surface area contributed by atoms with Crippen LogP contribution in [0.2, 0.25) is 10.0 Å². The van der Waals surface area contributed by atoms with Gasteiger partial charge in [0.2, 0.25) is 0 Å². The molecule has 0 heterocycles. The Hall–Kier alpha value is -0.0900. The molecule has 0 bridgehead atoms. The quantitative estimate of drug-likeness (QED) is 0.834. The van der Waals surface area contributed by atoms with Crippen LogP contribution in [0.5, 0.6) is 0 Å². The Kier molecular flexibility index (Phi) is 4.18. The predicted octanol–water partition coefficient (Wildman–Crippen LogP) is 3.73. The van der Waals surface area contributed by atoms with E-state index in [0.29, 0.717) is 0 Å². The first-order valence-electron chi connectivity index (χ1n) is 4.00. The molecule has 1 nitrogen and oxygen atoms in total. The molecule has 0 aliphatic carbocycles. The summed E-state index contributed by atoms with van der Waals surface area (Å²) in [7, 11) is 0. The fourth-order valence-electron chi connectivity index (χ4n) is 1.04. The number of halogens is 5. The van der Waals surface area contributed by atoms with Gasteiger partial charge in [-0.15, -0.1) is 0 Å². The minimum absolute atomic E-state index is 0.225. The summed E-state index contributed by atoms with van der Waals surface area (Å²) in [4.78, 5) is 0. The molecule has 0 amide bonds. The van der Waals surface area contributed by atoms with Crippen molar-refractivity contribution in [1.29, 1.82) is 0 Å². The Morgan fingerprint density at radius 1 is 1.27 bits per heavy atom. The maximum Gasteiger partial charge on any atom is 0.347 e. The Balaban J connectivity index is 2.90. The van der Waals surface area contributed by atoms with Crippen LogP contribution in [-0.2, 0) is 6.42 Å². The fraction of sp³-hybridized carbons (Fsp3) is 0.333. The minimum atomic E-state index is -3.69. The third-order valence-electron chi connectivity index (χ3n) is 1.84. The fourth-order valence-corrected chi connectivity index (χ4v) is 1.67. The molecule has 0 spiro atoms. The van der Waals surface area contributed by atoms with Crippen LogP contribution in [-0.4, -0.2) is 16.6 Å². The van der Waals surface area contributed by atoms with Crippen molar-refractivity contribution < 1.29 is 13.9 Å². The highest BCUT2D eigenvalue weighted by Crippen LogP contribution is 2.31. The summed E-state index contributed by atoms with van der Waals surface area (Å²) in [6, 6.07) is 4.59. The van der Waals surface area contributed by atoms with E-state index in [1.165, 1.54) is 12.1 Å². The van der Waals surface area contributed by atoms with Gasteiger partial charge in [0.25, 0.3) is 0 Å². The lowest BCUT2D eigenvalue weighted by Gasteiger charge is -2.17. The molecule has 0 aliphatic heterocycles. The van der Waals surface area contributed by atoms with Crippen molar-refractivity contribution in [3.63, 3.8) is 0 Å². The Morgan fingerprint density at radius 2 is 1.73 bits per heavy atom. The second kappa shape index (κ2) is 4.83. The van der Waals surface area contributed by atoms with E-state index in [4.69, 9.17) is 28.3 Å². The zero-order chi connectivity index (χ0) is 11.6. The molecule has 1 N–H and O–H groups in total. The second-order valence-electron chi connectivity index (χ2n) is 2.96. The van der Waals surface area contributed by atoms with Crippen LogP contribution >= 0.6 is 34.8 Å². The van der Waals surface area contributed by atoms with Gasteiger partial charge < -0.3 is 5.11 Å². The van der Waals surface area contributed by atoms with Crippen LogP contribution in [0.3, 0.4) is 0 Å². The predicted molar refractivity (Wildman–Crippen MR) is 57.0 cm³/mol. The van der Waals surface area contributed by atoms with Gasteiger partial charge in [-0.05, 0) is 29.3 Å². The summed E-state index contributed by atoms with van der Waals surface area (Å²) in [5, 5.41) is 5.85. The maximum absolute atomic E-state index is 12.5. The summed E-state index contributed by atoms with van der Waals surface area (Å²) in [6.07, 6.45) is -2.41. The highest BCUT2D eigenvalue weighted by atomic mass is 35.5. The van der Waals surface area contributed by atoms with Gasteiger partial charge in [-0.3, -0.25) is 0 Å². The molecule has 0 aromatic heterocycles. The summed E-state index contributed by atoms with van der Waals surface area (Å²) in [5.41, 5.74) is 0.258. The van der Waals surface area contributed by atoms with Crippen molar-refractivity contribution in [1.82, 2.24) is 0 Å². The van der Waals surface area contributed by atoms with Gasteiger partial charge in [0.1, 0.15) is 6.10 Å². The Labute approximate surface area is 101 Å². The monoisotopic (exact) mass is 274 g/mol. The normalized spacial score (nSPS) is 14.0. The topological polar surface area (TPSA) is 20.2 Å². The maximum atomic E-state index is 12.5. The molecule has 15 heavy (non-hydrogen) atoms. The van der Waals surface area contributed by atoms with Gasteiger partial charge in [-0.2, -0.15) is 8.78 Å². The number of hydrogen-bond donors (Lipinski definition) is 1. The van der Waals surface area contributed by atoms with Gasteiger partial charge >= 0.3 is 5.38 Å². The standard InChI is InChI=1S/C9H7Cl3F2O/c10-6-2-1-3-7(11)5(6)4-8(15)9(12,13)14/h1-3,8,15H,4H2. The number of benzene rings is 1. The number of aliphatic hydroxyl groups excluding tert-OH is 1. The lowest BCUT2D eigenvalue weighted by molar-refractivity contribution is -0.0397. The van der Waals surface area contributed by atoms with E-state index in [2.05, 4.69) is 11.6 Å². The van der Waals surface area contributed by atoms with Gasteiger partial charge in [-0.1, -0.05) is 29.3 Å². The summed E-state index contributed by atoms with van der Waals surface area (Å²) in [5.74, 6) is 0. The number of hydrogen-bond acceptors (Lipinski definition) is 1. The lowest BCUT2D eigenvalue weighted by Crippen LogP contribution is -2.29. The van der Waals surface area contributed by atoms with Crippen LogP contribution in [0, 0.1) is 0 Å². The van der Waals surface area contributed by atoms with E-state index in [1.54, 1.807) is 6.07 Å². The van der Waals surface area contributed by atoms with Gasteiger partial charge in [0.05, 0.1) is 0 Å². The van der Waals surface area contributed by atoms with Crippen molar-refractivity contribution in [3.05, 3.63) is 33.8 Å². The van der Waals surface area contributed by atoms with E-state index >= 15 is 0 Å². The first-order valence-corrected chi connectivity index (χ1v) is 5.13. The van der Waals surface area contributed by atoms with Crippen LogP contribution in [0.4, 0.5) is 8.78 Å². The Bertz CT molecular complexity index is 331. The van der Waals surface area contributed by atoms with Gasteiger partial charge in [0, 0.05) is 16.5 Å². The molecule has 0 fully saturated rings. The molecule has 1 rings (SSSR count). The molecule has 0 saturated heterocycles. The average molecular weight is 276 g/mol. The van der Waals surface area contributed by atoms with Crippen molar-refractivity contribution in [2.75, 3.05) is 0 Å². The van der Waals surface area contributed by atoms with Gasteiger partial charge in [-0.25, -0.2) is 0 Å². The van der Waals surface area contributed by atoms with E-state index in [-0.39, 0.29) is 15.6 Å². The van der Waals surface area contributed by atoms with Crippen LogP contribution in [0.25, 0.3) is 0 Å². The highest BCUT2D eigenvalue weighted by molar-refractivity contribution is 6.36. The van der Waals surface area contributed by atoms with Crippen molar-refractivity contribution in [3.8, 4) is 0 Å². The largest absolute Gasteiger partial charge is 0.385 e. The number of alkyl halides is 3. The van der Waals surface area contributed by atoms with Crippen LogP contribution in [0.1, 0.15) is 5.56 Å². The zero-order valence-corrected chi connectivity index (χ0v) is 9.62. The van der Waals surface area contributed by atoms with E-state index in [9.17, 15) is 8.78 Å². The first kappa shape index (κ1) is 13.0. The van der Waals surface area contributed by atoms with Crippen LogP contribution < -0.4 is 0 Å². The zero-order valence-electron chi connectivity index (χ0n) is 7.35. The molecule has 1 aromatic carbocycles. The smallest absolute Gasteiger partial charge is 0.347 e. The third-order valence-corrected chi connectivity index (χ3v) is 2.80. The molecular weight excluding hydrogens is 268 g/mol. The molecule has 84 valence electrons. The van der Waals surface area contributed by atoms with Crippen molar-refractivity contribution >= 4 is 34.8 Å². The SMILES string of the molecule is OC(Cc1c(Cl)cccc1Cl)C(F)(F)Cl. The highest BCUT2D eigenvalue weighted by Gasteiger charge is 2.36. The summed E-state index contributed by atoms with van der Waals surface area (Å²) in [6.45, 7) is 0.